The van der Waals surface area contributed by atoms with Crippen molar-refractivity contribution >= 4 is 11.6 Å². The van der Waals surface area contributed by atoms with Crippen molar-refractivity contribution in [3.63, 3.8) is 0 Å². The summed E-state index contributed by atoms with van der Waals surface area (Å²) in [7, 11) is 0. The van der Waals surface area contributed by atoms with Crippen molar-refractivity contribution in [3.05, 3.63) is 60.2 Å². The Bertz CT molecular complexity index is 908. The third-order valence-corrected chi connectivity index (χ3v) is 3.45. The molecule has 1 N–H and O–H groups in total. The van der Waals surface area contributed by atoms with Gasteiger partial charge in [0.25, 0.3) is 5.91 Å². The van der Waals surface area contributed by atoms with E-state index < -0.39 is 5.91 Å². The Morgan fingerprint density at radius 3 is 2.75 bits per heavy atom. The van der Waals surface area contributed by atoms with E-state index in [1.165, 1.54) is 23.0 Å². The normalized spacial score (nSPS) is 12.2. The Labute approximate surface area is 135 Å². The maximum absolute atomic E-state index is 12.9. The molecule has 1 aliphatic heterocycles. The highest BCUT2D eigenvalue weighted by Gasteiger charge is 2.16. The van der Waals surface area contributed by atoms with Crippen LogP contribution in [0.25, 0.3) is 5.69 Å². The molecule has 2 heterocycles. The fourth-order valence-electron chi connectivity index (χ4n) is 2.26. The number of amides is 1. The molecule has 0 aliphatic carbocycles. The highest BCUT2D eigenvalue weighted by molar-refractivity contribution is 6.02. The average Bonchev–Trinajstić information content (AvgIpc) is 3.24. The summed E-state index contributed by atoms with van der Waals surface area (Å²) in [6, 6.07) is 10.8. The Kier molecular flexibility index (Phi) is 3.34. The number of carbonyl (C=O) groups is 1. The number of nitrogens with one attached hydrogen (secondary N) is 1. The van der Waals surface area contributed by atoms with Crippen LogP contribution in [-0.4, -0.2) is 27.7 Å². The first kappa shape index (κ1) is 14.2. The largest absolute Gasteiger partial charge is 0.454 e. The van der Waals surface area contributed by atoms with Gasteiger partial charge < -0.3 is 14.8 Å². The summed E-state index contributed by atoms with van der Waals surface area (Å²) in [5, 5.41) is 10.4. The van der Waals surface area contributed by atoms with Gasteiger partial charge in [0.1, 0.15) is 5.82 Å². The Hall–Kier alpha value is -3.42. The number of hydrogen-bond donors (Lipinski definition) is 1. The molecular formula is C16H11FN4O3. The molecule has 0 fully saturated rings. The SMILES string of the molecule is O=C(Nc1ccc2c(c1)OCO2)c1cn(-c2ccc(F)cc2)nn1. The molecule has 3 aromatic rings. The lowest BCUT2D eigenvalue weighted by atomic mass is 10.2. The van der Waals surface area contributed by atoms with Gasteiger partial charge in [-0.3, -0.25) is 4.79 Å². The van der Waals surface area contributed by atoms with Crippen LogP contribution in [0.15, 0.2) is 48.7 Å². The Morgan fingerprint density at radius 2 is 1.92 bits per heavy atom. The van der Waals surface area contributed by atoms with E-state index >= 15 is 0 Å². The average molecular weight is 326 g/mol. The number of fused-ring (bicyclic) bond motifs is 1. The Morgan fingerprint density at radius 1 is 1.12 bits per heavy atom. The molecule has 8 heteroatoms. The number of aromatic nitrogens is 3. The van der Waals surface area contributed by atoms with Crippen LogP contribution in [0.3, 0.4) is 0 Å². The summed E-state index contributed by atoms with van der Waals surface area (Å²) in [6.45, 7) is 0.165. The molecule has 1 aromatic heterocycles. The molecule has 0 bridgehead atoms. The van der Waals surface area contributed by atoms with Gasteiger partial charge in [-0.25, -0.2) is 9.07 Å². The number of hydrogen-bond acceptors (Lipinski definition) is 5. The van der Waals surface area contributed by atoms with Crippen molar-refractivity contribution in [2.24, 2.45) is 0 Å². The van der Waals surface area contributed by atoms with Crippen molar-refractivity contribution in [1.29, 1.82) is 0 Å². The second-order valence-corrected chi connectivity index (χ2v) is 5.05. The van der Waals surface area contributed by atoms with Crippen LogP contribution in [0, 0.1) is 5.82 Å². The molecule has 2 aromatic carbocycles. The molecule has 0 spiro atoms. The fourth-order valence-corrected chi connectivity index (χ4v) is 2.26. The van der Waals surface area contributed by atoms with Crippen molar-refractivity contribution in [1.82, 2.24) is 15.0 Å². The number of benzene rings is 2. The van der Waals surface area contributed by atoms with Gasteiger partial charge >= 0.3 is 0 Å². The van der Waals surface area contributed by atoms with E-state index in [9.17, 15) is 9.18 Å². The zero-order valence-corrected chi connectivity index (χ0v) is 12.3. The van der Waals surface area contributed by atoms with E-state index in [2.05, 4.69) is 15.6 Å². The predicted molar refractivity (Wildman–Crippen MR) is 81.8 cm³/mol. The van der Waals surface area contributed by atoms with Crippen molar-refractivity contribution in [2.45, 2.75) is 0 Å². The highest BCUT2D eigenvalue weighted by atomic mass is 19.1. The standard InChI is InChI=1S/C16H11FN4O3/c17-10-1-4-12(5-2-10)21-8-13(19-20-21)16(22)18-11-3-6-14-15(7-11)24-9-23-14/h1-8H,9H2,(H,18,22). The van der Waals surface area contributed by atoms with E-state index in [0.717, 1.165) is 0 Å². The predicted octanol–water partition coefficient (Wildman–Crippen LogP) is 2.39. The summed E-state index contributed by atoms with van der Waals surface area (Å²) in [4.78, 5) is 12.3. The van der Waals surface area contributed by atoms with Crippen LogP contribution in [-0.2, 0) is 0 Å². The smallest absolute Gasteiger partial charge is 0.277 e. The summed E-state index contributed by atoms with van der Waals surface area (Å²) >= 11 is 0. The minimum Gasteiger partial charge on any atom is -0.454 e. The molecule has 1 aliphatic rings. The number of rotatable bonds is 3. The van der Waals surface area contributed by atoms with Crippen molar-refractivity contribution < 1.29 is 18.7 Å². The molecule has 0 saturated heterocycles. The summed E-state index contributed by atoms with van der Waals surface area (Å²) in [5.74, 6) is 0.444. The number of anilines is 1. The lowest BCUT2D eigenvalue weighted by Crippen LogP contribution is -2.12. The lowest BCUT2D eigenvalue weighted by Gasteiger charge is -2.04. The van der Waals surface area contributed by atoms with Gasteiger partial charge in [0.05, 0.1) is 11.9 Å². The van der Waals surface area contributed by atoms with Gasteiger partial charge in [0, 0.05) is 11.8 Å². The first-order valence-electron chi connectivity index (χ1n) is 7.08. The minimum atomic E-state index is -0.415. The van der Waals surface area contributed by atoms with Crippen LogP contribution >= 0.6 is 0 Å². The van der Waals surface area contributed by atoms with Gasteiger partial charge in [-0.1, -0.05) is 5.21 Å². The molecule has 120 valence electrons. The topological polar surface area (TPSA) is 78.3 Å². The van der Waals surface area contributed by atoms with E-state index in [0.29, 0.717) is 22.9 Å². The number of nitrogens with zero attached hydrogens (tertiary/aromatic N) is 3. The molecule has 1 amide bonds. The van der Waals surface area contributed by atoms with Crippen molar-refractivity contribution in [3.8, 4) is 17.2 Å². The summed E-state index contributed by atoms with van der Waals surface area (Å²) < 4.78 is 24.8. The number of carbonyl (C=O) groups excluding carboxylic acids is 1. The maximum Gasteiger partial charge on any atom is 0.277 e. The minimum absolute atomic E-state index is 0.136. The van der Waals surface area contributed by atoms with Crippen LogP contribution in [0.4, 0.5) is 10.1 Å². The van der Waals surface area contributed by atoms with Crippen LogP contribution in [0.5, 0.6) is 11.5 Å². The molecule has 24 heavy (non-hydrogen) atoms. The van der Waals surface area contributed by atoms with Crippen molar-refractivity contribution in [2.75, 3.05) is 12.1 Å². The van der Waals surface area contributed by atoms with E-state index in [1.54, 1.807) is 30.3 Å². The van der Waals surface area contributed by atoms with Crippen LogP contribution in [0.1, 0.15) is 10.5 Å². The molecular weight excluding hydrogens is 315 g/mol. The molecule has 7 nitrogen and oxygen atoms in total. The number of ether oxygens (including phenoxy) is 2. The fraction of sp³-hybridized carbons (Fsp3) is 0.0625. The second-order valence-electron chi connectivity index (χ2n) is 5.05. The van der Waals surface area contributed by atoms with Gasteiger partial charge in [0.2, 0.25) is 6.79 Å². The molecule has 0 unspecified atom stereocenters. The second kappa shape index (κ2) is 5.65. The first-order chi connectivity index (χ1) is 11.7. The molecule has 0 atom stereocenters. The third kappa shape index (κ3) is 2.65. The molecule has 0 saturated carbocycles. The van der Waals surface area contributed by atoms with Gasteiger partial charge in [0.15, 0.2) is 17.2 Å². The highest BCUT2D eigenvalue weighted by Crippen LogP contribution is 2.34. The van der Waals surface area contributed by atoms with Gasteiger partial charge in [-0.2, -0.15) is 0 Å². The van der Waals surface area contributed by atoms with Crippen LogP contribution < -0.4 is 14.8 Å². The zero-order valence-electron chi connectivity index (χ0n) is 12.3. The van der Waals surface area contributed by atoms with E-state index in [4.69, 9.17) is 9.47 Å². The molecule has 0 radical (unpaired) electrons. The maximum atomic E-state index is 12.9. The van der Waals surface area contributed by atoms with Gasteiger partial charge in [-0.15, -0.1) is 5.10 Å². The monoisotopic (exact) mass is 326 g/mol. The number of halogens is 1. The van der Waals surface area contributed by atoms with E-state index in [-0.39, 0.29) is 18.3 Å². The lowest BCUT2D eigenvalue weighted by molar-refractivity contribution is 0.102. The first-order valence-corrected chi connectivity index (χ1v) is 7.08. The van der Waals surface area contributed by atoms with E-state index in [1.807, 2.05) is 0 Å². The quantitative estimate of drug-likeness (QED) is 0.799. The zero-order chi connectivity index (χ0) is 16.5. The summed E-state index contributed by atoms with van der Waals surface area (Å²) in [5.41, 5.74) is 1.30. The third-order valence-electron chi connectivity index (χ3n) is 3.45. The molecule has 4 rings (SSSR count). The van der Waals surface area contributed by atoms with Crippen LogP contribution in [0.2, 0.25) is 0 Å². The Balaban J connectivity index is 1.52. The van der Waals surface area contributed by atoms with Gasteiger partial charge in [-0.05, 0) is 36.4 Å². The summed E-state index contributed by atoms with van der Waals surface area (Å²) in [6.07, 6.45) is 1.47.